The molecule has 4 aromatic rings. The lowest BCUT2D eigenvalue weighted by molar-refractivity contribution is -0.124. The van der Waals surface area contributed by atoms with Gasteiger partial charge in [-0.2, -0.15) is 0 Å². The van der Waals surface area contributed by atoms with Crippen LogP contribution in [-0.2, 0) is 9.59 Å². The average molecular weight is 606 g/mol. The molecule has 1 heterocycles. The van der Waals surface area contributed by atoms with Gasteiger partial charge >= 0.3 is 0 Å². The van der Waals surface area contributed by atoms with Crippen molar-refractivity contribution in [1.29, 1.82) is 0 Å². The van der Waals surface area contributed by atoms with E-state index < -0.39 is 11.8 Å². The average Bonchev–Trinajstić information content (AvgIpc) is 3.00. The maximum absolute atomic E-state index is 15.1. The highest BCUT2D eigenvalue weighted by Crippen LogP contribution is 2.30. The van der Waals surface area contributed by atoms with E-state index in [1.807, 2.05) is 72.8 Å². The lowest BCUT2D eigenvalue weighted by Crippen LogP contribution is -2.62. The van der Waals surface area contributed by atoms with Crippen LogP contribution in [0.15, 0.2) is 103 Å². The maximum Gasteiger partial charge on any atom is 0.229 e. The van der Waals surface area contributed by atoms with Crippen molar-refractivity contribution in [3.05, 3.63) is 120 Å². The summed E-state index contributed by atoms with van der Waals surface area (Å²) in [5, 5.41) is 9.98. The van der Waals surface area contributed by atoms with Gasteiger partial charge in [0.1, 0.15) is 5.82 Å². The Kier molecular flexibility index (Phi) is 9.54. The van der Waals surface area contributed by atoms with Crippen molar-refractivity contribution in [3.63, 3.8) is 0 Å². The third-order valence-electron chi connectivity index (χ3n) is 8.72. The molecule has 0 spiro atoms. The minimum absolute atomic E-state index is 0.00410. The molecule has 1 aliphatic rings. The molecule has 2 amide bonds. The summed E-state index contributed by atoms with van der Waals surface area (Å²) in [5.41, 5.74) is 4.58. The Hall–Kier alpha value is -4.29. The Morgan fingerprint density at radius 1 is 0.756 bits per heavy atom. The van der Waals surface area contributed by atoms with Crippen LogP contribution in [0.1, 0.15) is 70.4 Å². The van der Waals surface area contributed by atoms with E-state index in [2.05, 4.69) is 55.8 Å². The van der Waals surface area contributed by atoms with E-state index in [0.717, 1.165) is 35.1 Å². The van der Waals surface area contributed by atoms with Crippen LogP contribution in [0.25, 0.3) is 22.3 Å². The molecule has 4 aromatic carbocycles. The summed E-state index contributed by atoms with van der Waals surface area (Å²) >= 11 is 0. The summed E-state index contributed by atoms with van der Waals surface area (Å²) in [6, 6.07) is 32.3. The molecule has 1 aliphatic heterocycles. The quantitative estimate of drug-likeness (QED) is 0.184. The van der Waals surface area contributed by atoms with E-state index in [4.69, 9.17) is 0 Å². The maximum atomic E-state index is 15.1. The van der Waals surface area contributed by atoms with Crippen LogP contribution >= 0.6 is 0 Å². The normalized spacial score (nSPS) is 17.2. The zero-order chi connectivity index (χ0) is 32.2. The molecule has 3 N–H and O–H groups in total. The van der Waals surface area contributed by atoms with E-state index in [1.54, 1.807) is 19.1 Å². The second-order valence-electron chi connectivity index (χ2n) is 13.6. The highest BCUT2D eigenvalue weighted by molar-refractivity contribution is 5.87. The van der Waals surface area contributed by atoms with Gasteiger partial charge < -0.3 is 16.0 Å². The SMILES string of the molecule is CC(C(=O)NCC(C(=O)NC1CC(C)(C)NC(C)(C)C1)c1ccc(-c2ccccc2)cc1)c1ccc(-c2ccccc2)c(F)c1. The minimum atomic E-state index is -0.598. The van der Waals surface area contributed by atoms with Crippen molar-refractivity contribution in [2.45, 2.75) is 76.4 Å². The molecule has 0 radical (unpaired) electrons. The largest absolute Gasteiger partial charge is 0.354 e. The topological polar surface area (TPSA) is 70.2 Å². The van der Waals surface area contributed by atoms with Crippen LogP contribution < -0.4 is 16.0 Å². The number of hydrogen-bond acceptors (Lipinski definition) is 3. The molecule has 234 valence electrons. The summed E-state index contributed by atoms with van der Waals surface area (Å²) in [7, 11) is 0. The van der Waals surface area contributed by atoms with Gasteiger partial charge in [-0.3, -0.25) is 9.59 Å². The van der Waals surface area contributed by atoms with Crippen molar-refractivity contribution in [1.82, 2.24) is 16.0 Å². The number of rotatable bonds is 9. The van der Waals surface area contributed by atoms with Crippen LogP contribution in [0.4, 0.5) is 4.39 Å². The Morgan fingerprint density at radius 3 is 1.87 bits per heavy atom. The predicted molar refractivity (Wildman–Crippen MR) is 180 cm³/mol. The van der Waals surface area contributed by atoms with Gasteiger partial charge in [0.2, 0.25) is 11.8 Å². The number of benzene rings is 4. The lowest BCUT2D eigenvalue weighted by atomic mass is 9.79. The van der Waals surface area contributed by atoms with Crippen molar-refractivity contribution in [2.24, 2.45) is 0 Å². The smallest absolute Gasteiger partial charge is 0.229 e. The zero-order valence-corrected chi connectivity index (χ0v) is 26.9. The van der Waals surface area contributed by atoms with Gasteiger partial charge in [-0.05, 0) is 81.3 Å². The first kappa shape index (κ1) is 32.1. The van der Waals surface area contributed by atoms with Gasteiger partial charge in [-0.15, -0.1) is 0 Å². The predicted octanol–water partition coefficient (Wildman–Crippen LogP) is 7.59. The van der Waals surface area contributed by atoms with E-state index in [1.165, 1.54) is 6.07 Å². The number of carbonyl (C=O) groups is 2. The van der Waals surface area contributed by atoms with Crippen LogP contribution in [0.5, 0.6) is 0 Å². The lowest BCUT2D eigenvalue weighted by Gasteiger charge is -2.46. The summed E-state index contributed by atoms with van der Waals surface area (Å²) < 4.78 is 15.1. The number of amides is 2. The Bertz CT molecular complexity index is 1600. The molecular weight excluding hydrogens is 561 g/mol. The highest BCUT2D eigenvalue weighted by atomic mass is 19.1. The molecular formula is C39H44FN3O2. The Morgan fingerprint density at radius 2 is 1.29 bits per heavy atom. The van der Waals surface area contributed by atoms with Crippen LogP contribution in [0.2, 0.25) is 0 Å². The third-order valence-corrected chi connectivity index (χ3v) is 8.72. The fourth-order valence-electron chi connectivity index (χ4n) is 6.79. The minimum Gasteiger partial charge on any atom is -0.354 e. The second-order valence-corrected chi connectivity index (χ2v) is 13.6. The highest BCUT2D eigenvalue weighted by Gasteiger charge is 2.39. The summed E-state index contributed by atoms with van der Waals surface area (Å²) in [4.78, 5) is 27.3. The first-order valence-corrected chi connectivity index (χ1v) is 15.8. The molecule has 0 saturated carbocycles. The van der Waals surface area contributed by atoms with Gasteiger partial charge in [0.25, 0.3) is 0 Å². The van der Waals surface area contributed by atoms with Gasteiger partial charge in [0.05, 0.1) is 11.8 Å². The number of halogens is 1. The molecule has 45 heavy (non-hydrogen) atoms. The van der Waals surface area contributed by atoms with Crippen LogP contribution in [-0.4, -0.2) is 35.5 Å². The van der Waals surface area contributed by atoms with Gasteiger partial charge in [0.15, 0.2) is 0 Å². The van der Waals surface area contributed by atoms with Crippen molar-refractivity contribution < 1.29 is 14.0 Å². The third kappa shape index (κ3) is 8.06. The second kappa shape index (κ2) is 13.4. The van der Waals surface area contributed by atoms with Crippen molar-refractivity contribution >= 4 is 11.8 Å². The number of piperidine rings is 1. The summed E-state index contributed by atoms with van der Waals surface area (Å²) in [6.07, 6.45) is 1.60. The van der Waals surface area contributed by atoms with Crippen LogP contribution in [0, 0.1) is 5.82 Å². The molecule has 1 fully saturated rings. The van der Waals surface area contributed by atoms with E-state index >= 15 is 4.39 Å². The van der Waals surface area contributed by atoms with E-state index in [9.17, 15) is 9.59 Å². The Labute approximate surface area is 266 Å². The van der Waals surface area contributed by atoms with E-state index in [-0.39, 0.29) is 41.3 Å². The first-order chi connectivity index (χ1) is 21.4. The van der Waals surface area contributed by atoms with Gasteiger partial charge in [0, 0.05) is 29.2 Å². The molecule has 0 bridgehead atoms. The van der Waals surface area contributed by atoms with Gasteiger partial charge in [-0.25, -0.2) is 4.39 Å². The number of hydrogen-bond donors (Lipinski definition) is 3. The molecule has 5 nitrogen and oxygen atoms in total. The molecule has 1 saturated heterocycles. The molecule has 0 aliphatic carbocycles. The summed E-state index contributed by atoms with van der Waals surface area (Å²) in [6.45, 7) is 10.5. The summed E-state index contributed by atoms with van der Waals surface area (Å²) in [5.74, 6) is -1.94. The van der Waals surface area contributed by atoms with Gasteiger partial charge in [-0.1, -0.05) is 97.1 Å². The van der Waals surface area contributed by atoms with Crippen LogP contribution in [0.3, 0.4) is 0 Å². The standard InChI is InChI=1S/C39H44FN3O2/c1-26(31-20-21-33(35(40)22-31)29-14-10-7-11-15-29)36(44)41-25-34(30-18-16-28(17-19-30)27-12-8-6-9-13-27)37(45)42-32-23-38(2,3)43-39(4,5)24-32/h6-22,26,32,34,43H,23-25H2,1-5H3,(H,41,44)(H,42,45). The first-order valence-electron chi connectivity index (χ1n) is 15.8. The number of nitrogens with one attached hydrogen (secondary N) is 3. The van der Waals surface area contributed by atoms with Crippen molar-refractivity contribution in [2.75, 3.05) is 6.54 Å². The monoisotopic (exact) mass is 605 g/mol. The molecule has 2 unspecified atom stereocenters. The number of carbonyl (C=O) groups excluding carboxylic acids is 2. The molecule has 2 atom stereocenters. The zero-order valence-electron chi connectivity index (χ0n) is 26.9. The Balaban J connectivity index is 1.33. The fourth-order valence-corrected chi connectivity index (χ4v) is 6.79. The fraction of sp³-hybridized carbons (Fsp3) is 0.333. The molecule has 5 rings (SSSR count). The molecule has 0 aromatic heterocycles. The van der Waals surface area contributed by atoms with E-state index in [0.29, 0.717) is 11.1 Å². The van der Waals surface area contributed by atoms with Crippen molar-refractivity contribution in [3.8, 4) is 22.3 Å². The molecule has 6 heteroatoms.